The fourth-order valence-corrected chi connectivity index (χ4v) is 2.31. The second kappa shape index (κ2) is 9.60. The van der Waals surface area contributed by atoms with Crippen LogP contribution < -0.4 is 10.1 Å². The SMILES string of the molecule is CCCCCOc1ccc(CC(=O)NCc2ccc(O)cc2)cc1. The van der Waals surface area contributed by atoms with Crippen molar-refractivity contribution in [2.45, 2.75) is 39.2 Å². The van der Waals surface area contributed by atoms with Gasteiger partial charge >= 0.3 is 0 Å². The van der Waals surface area contributed by atoms with Crippen molar-refractivity contribution < 1.29 is 14.6 Å². The number of benzene rings is 2. The van der Waals surface area contributed by atoms with Crippen molar-refractivity contribution in [3.05, 3.63) is 59.7 Å². The van der Waals surface area contributed by atoms with Crippen LogP contribution in [0.1, 0.15) is 37.3 Å². The average Bonchev–Trinajstić information content (AvgIpc) is 2.60. The Morgan fingerprint density at radius 1 is 1.00 bits per heavy atom. The third kappa shape index (κ3) is 6.32. The van der Waals surface area contributed by atoms with Crippen LogP contribution in [0.15, 0.2) is 48.5 Å². The van der Waals surface area contributed by atoms with Gasteiger partial charge in [-0.05, 0) is 41.8 Å². The molecule has 0 fully saturated rings. The van der Waals surface area contributed by atoms with Gasteiger partial charge in [0, 0.05) is 6.54 Å². The van der Waals surface area contributed by atoms with Gasteiger partial charge in [-0.1, -0.05) is 44.0 Å². The first-order valence-corrected chi connectivity index (χ1v) is 8.43. The molecule has 0 aliphatic heterocycles. The van der Waals surface area contributed by atoms with E-state index < -0.39 is 0 Å². The number of aromatic hydroxyl groups is 1. The van der Waals surface area contributed by atoms with Gasteiger partial charge in [-0.2, -0.15) is 0 Å². The first-order chi connectivity index (χ1) is 11.7. The van der Waals surface area contributed by atoms with Crippen LogP contribution in [-0.4, -0.2) is 17.6 Å². The number of carbonyl (C=O) groups is 1. The van der Waals surface area contributed by atoms with E-state index in [-0.39, 0.29) is 11.7 Å². The van der Waals surface area contributed by atoms with Crippen molar-refractivity contribution in [2.75, 3.05) is 6.61 Å². The maximum Gasteiger partial charge on any atom is 0.224 e. The highest BCUT2D eigenvalue weighted by molar-refractivity contribution is 5.78. The molecule has 2 aromatic carbocycles. The summed E-state index contributed by atoms with van der Waals surface area (Å²) in [5.41, 5.74) is 1.91. The van der Waals surface area contributed by atoms with Gasteiger partial charge in [-0.15, -0.1) is 0 Å². The molecule has 0 saturated carbocycles. The predicted octanol–water partition coefficient (Wildman–Crippen LogP) is 3.82. The number of unbranched alkanes of at least 4 members (excludes halogenated alkanes) is 2. The van der Waals surface area contributed by atoms with E-state index in [2.05, 4.69) is 12.2 Å². The molecule has 2 N–H and O–H groups in total. The Morgan fingerprint density at radius 2 is 1.67 bits per heavy atom. The van der Waals surface area contributed by atoms with E-state index >= 15 is 0 Å². The second-order valence-electron chi connectivity index (χ2n) is 5.82. The molecule has 24 heavy (non-hydrogen) atoms. The van der Waals surface area contributed by atoms with Gasteiger partial charge in [0.05, 0.1) is 13.0 Å². The van der Waals surface area contributed by atoms with Crippen LogP contribution >= 0.6 is 0 Å². The van der Waals surface area contributed by atoms with Gasteiger partial charge in [0.25, 0.3) is 0 Å². The highest BCUT2D eigenvalue weighted by atomic mass is 16.5. The molecule has 0 spiro atoms. The third-order valence-electron chi connectivity index (χ3n) is 3.73. The lowest BCUT2D eigenvalue weighted by Gasteiger charge is -2.08. The Hall–Kier alpha value is -2.49. The number of carbonyl (C=O) groups excluding carboxylic acids is 1. The molecule has 0 aliphatic rings. The molecule has 4 nitrogen and oxygen atoms in total. The summed E-state index contributed by atoms with van der Waals surface area (Å²) in [7, 11) is 0. The zero-order valence-corrected chi connectivity index (χ0v) is 14.1. The molecule has 0 radical (unpaired) electrons. The minimum absolute atomic E-state index is 0.0281. The summed E-state index contributed by atoms with van der Waals surface area (Å²) in [6.45, 7) is 3.36. The summed E-state index contributed by atoms with van der Waals surface area (Å²) in [6, 6.07) is 14.5. The topological polar surface area (TPSA) is 58.6 Å². The Morgan fingerprint density at radius 3 is 2.33 bits per heavy atom. The number of hydrogen-bond donors (Lipinski definition) is 2. The summed E-state index contributed by atoms with van der Waals surface area (Å²) in [5, 5.41) is 12.1. The van der Waals surface area contributed by atoms with Crippen molar-refractivity contribution in [1.82, 2.24) is 5.32 Å². The summed E-state index contributed by atoms with van der Waals surface area (Å²) in [4.78, 5) is 12.0. The molecule has 0 bridgehead atoms. The molecule has 4 heteroatoms. The molecule has 0 aliphatic carbocycles. The highest BCUT2D eigenvalue weighted by Crippen LogP contribution is 2.14. The maximum absolute atomic E-state index is 12.0. The normalized spacial score (nSPS) is 10.4. The van der Waals surface area contributed by atoms with E-state index in [1.165, 1.54) is 12.8 Å². The number of amides is 1. The van der Waals surface area contributed by atoms with Gasteiger partial charge in [0.1, 0.15) is 11.5 Å². The van der Waals surface area contributed by atoms with E-state index in [9.17, 15) is 9.90 Å². The quantitative estimate of drug-likeness (QED) is 0.688. The number of ether oxygens (including phenoxy) is 1. The molecule has 128 valence electrons. The first-order valence-electron chi connectivity index (χ1n) is 8.43. The van der Waals surface area contributed by atoms with Crippen LogP contribution in [0.25, 0.3) is 0 Å². The van der Waals surface area contributed by atoms with Gasteiger partial charge in [0.2, 0.25) is 5.91 Å². The molecule has 0 saturated heterocycles. The Bertz CT molecular complexity index is 620. The summed E-state index contributed by atoms with van der Waals surface area (Å²) in [5.74, 6) is 1.04. The first kappa shape index (κ1) is 17.9. The summed E-state index contributed by atoms with van der Waals surface area (Å²) < 4.78 is 5.66. The van der Waals surface area contributed by atoms with Crippen molar-refractivity contribution >= 4 is 5.91 Å². The van der Waals surface area contributed by atoms with Gasteiger partial charge in [0.15, 0.2) is 0 Å². The number of rotatable bonds is 9. The molecule has 0 heterocycles. The minimum atomic E-state index is -0.0281. The molecule has 0 atom stereocenters. The Kier molecular flexibility index (Phi) is 7.15. The van der Waals surface area contributed by atoms with E-state index in [4.69, 9.17) is 4.74 Å². The monoisotopic (exact) mass is 327 g/mol. The highest BCUT2D eigenvalue weighted by Gasteiger charge is 2.04. The Labute approximate surface area is 143 Å². The lowest BCUT2D eigenvalue weighted by Crippen LogP contribution is -2.24. The lowest BCUT2D eigenvalue weighted by molar-refractivity contribution is -0.120. The molecule has 0 unspecified atom stereocenters. The van der Waals surface area contributed by atoms with Crippen molar-refractivity contribution in [3.8, 4) is 11.5 Å². The maximum atomic E-state index is 12.0. The van der Waals surface area contributed by atoms with Crippen LogP contribution in [0, 0.1) is 0 Å². The summed E-state index contributed by atoms with van der Waals surface area (Å²) >= 11 is 0. The second-order valence-corrected chi connectivity index (χ2v) is 5.82. The Balaban J connectivity index is 1.74. The van der Waals surface area contributed by atoms with Crippen LogP contribution in [-0.2, 0) is 17.8 Å². The molecule has 1 amide bonds. The molecule has 2 aromatic rings. The van der Waals surface area contributed by atoms with Crippen LogP contribution in [0.5, 0.6) is 11.5 Å². The largest absolute Gasteiger partial charge is 0.508 e. The molecular weight excluding hydrogens is 302 g/mol. The average molecular weight is 327 g/mol. The van der Waals surface area contributed by atoms with Gasteiger partial charge in [-0.3, -0.25) is 4.79 Å². The number of phenolic OH excluding ortho intramolecular Hbond substituents is 1. The van der Waals surface area contributed by atoms with Gasteiger partial charge < -0.3 is 15.2 Å². The molecule has 2 rings (SSSR count). The molecular formula is C20H25NO3. The van der Waals surface area contributed by atoms with Crippen LogP contribution in [0.4, 0.5) is 0 Å². The number of nitrogens with one attached hydrogen (secondary N) is 1. The smallest absolute Gasteiger partial charge is 0.224 e. The standard InChI is InChI=1S/C20H25NO3/c1-2-3-4-13-24-19-11-7-16(8-12-19)14-20(23)21-15-17-5-9-18(22)10-6-17/h5-12,22H,2-4,13-15H2,1H3,(H,21,23). The fraction of sp³-hybridized carbons (Fsp3) is 0.350. The number of hydrogen-bond acceptors (Lipinski definition) is 3. The van der Waals surface area contributed by atoms with Crippen molar-refractivity contribution in [1.29, 1.82) is 0 Å². The van der Waals surface area contributed by atoms with E-state index in [1.807, 2.05) is 24.3 Å². The predicted molar refractivity (Wildman–Crippen MR) is 95.1 cm³/mol. The van der Waals surface area contributed by atoms with Crippen molar-refractivity contribution in [3.63, 3.8) is 0 Å². The summed E-state index contributed by atoms with van der Waals surface area (Å²) in [6.07, 6.45) is 3.77. The lowest BCUT2D eigenvalue weighted by atomic mass is 10.1. The van der Waals surface area contributed by atoms with Crippen LogP contribution in [0.3, 0.4) is 0 Å². The zero-order chi connectivity index (χ0) is 17.2. The minimum Gasteiger partial charge on any atom is -0.508 e. The van der Waals surface area contributed by atoms with Gasteiger partial charge in [-0.25, -0.2) is 0 Å². The number of phenols is 1. The third-order valence-corrected chi connectivity index (χ3v) is 3.73. The zero-order valence-electron chi connectivity index (χ0n) is 14.1. The van der Waals surface area contributed by atoms with E-state index in [1.54, 1.807) is 24.3 Å². The molecule has 0 aromatic heterocycles. The van der Waals surface area contributed by atoms with Crippen LogP contribution in [0.2, 0.25) is 0 Å². The van der Waals surface area contributed by atoms with Crippen molar-refractivity contribution in [2.24, 2.45) is 0 Å². The van der Waals surface area contributed by atoms with E-state index in [0.29, 0.717) is 13.0 Å². The fourth-order valence-electron chi connectivity index (χ4n) is 2.31. The van der Waals surface area contributed by atoms with E-state index in [0.717, 1.165) is 29.9 Å².